The molecule has 2 aliphatic rings. The number of ketones is 1. The van der Waals surface area contributed by atoms with Gasteiger partial charge in [0.2, 0.25) is 0 Å². The third-order valence-corrected chi connectivity index (χ3v) is 6.95. The number of ether oxygens (including phenoxy) is 5. The maximum Gasteiger partial charge on any atom is 0.336 e. The lowest BCUT2D eigenvalue weighted by atomic mass is 9.71. The summed E-state index contributed by atoms with van der Waals surface area (Å²) in [5.41, 5.74) is 4.04. The van der Waals surface area contributed by atoms with Gasteiger partial charge in [-0.25, -0.2) is 4.79 Å². The number of methoxy groups -OCH3 is 4. The molecule has 1 aliphatic heterocycles. The van der Waals surface area contributed by atoms with Gasteiger partial charge in [-0.3, -0.25) is 4.79 Å². The number of carbonyl (C=O) groups excluding carboxylic acids is 2. The number of esters is 1. The van der Waals surface area contributed by atoms with Gasteiger partial charge >= 0.3 is 5.97 Å². The number of dihydropyridines is 1. The molecule has 0 radical (unpaired) electrons. The summed E-state index contributed by atoms with van der Waals surface area (Å²) in [4.78, 5) is 27.1. The van der Waals surface area contributed by atoms with E-state index in [1.54, 1.807) is 47.5 Å². The molecular weight excluding hydrogens is 474 g/mol. The molecule has 1 aliphatic carbocycles. The predicted octanol–water partition coefficient (Wildman–Crippen LogP) is 4.65. The number of nitrogens with one attached hydrogen (secondary N) is 1. The monoisotopic (exact) mass is 507 g/mol. The number of benzene rings is 2. The largest absolute Gasteiger partial charge is 0.497 e. The van der Waals surface area contributed by atoms with Gasteiger partial charge in [0, 0.05) is 29.0 Å². The highest BCUT2D eigenvalue weighted by Gasteiger charge is 2.42. The average molecular weight is 508 g/mol. The van der Waals surface area contributed by atoms with Crippen molar-refractivity contribution >= 4 is 11.8 Å². The van der Waals surface area contributed by atoms with Crippen LogP contribution in [-0.4, -0.2) is 46.8 Å². The van der Waals surface area contributed by atoms with Crippen molar-refractivity contribution < 1.29 is 33.3 Å². The molecule has 8 heteroatoms. The van der Waals surface area contributed by atoms with Crippen LogP contribution >= 0.6 is 0 Å². The Morgan fingerprint density at radius 3 is 2.27 bits per heavy atom. The molecule has 0 bridgehead atoms. The quantitative estimate of drug-likeness (QED) is 0.517. The lowest BCUT2D eigenvalue weighted by Crippen LogP contribution is -2.36. The normalized spacial score (nSPS) is 19.1. The summed E-state index contributed by atoms with van der Waals surface area (Å²) < 4.78 is 27.4. The Morgan fingerprint density at radius 1 is 0.919 bits per heavy atom. The highest BCUT2D eigenvalue weighted by molar-refractivity contribution is 6.04. The minimum Gasteiger partial charge on any atom is -0.497 e. The fourth-order valence-corrected chi connectivity index (χ4v) is 5.24. The van der Waals surface area contributed by atoms with Crippen LogP contribution < -0.4 is 24.3 Å². The summed E-state index contributed by atoms with van der Waals surface area (Å²) >= 11 is 0. The van der Waals surface area contributed by atoms with Crippen molar-refractivity contribution in [3.05, 3.63) is 70.1 Å². The van der Waals surface area contributed by atoms with Gasteiger partial charge in [0.15, 0.2) is 17.3 Å². The molecule has 37 heavy (non-hydrogen) atoms. The van der Waals surface area contributed by atoms with E-state index < -0.39 is 11.9 Å². The standard InChI is InChI=1S/C29H33NO7/c1-7-37-29(32)26-16(2)30-21-12-18(17-8-10-24(35-5)25(14-17)36-6)13-22(31)28(21)27(26)20-15-19(33-3)9-11-23(20)34-4/h8-11,14-15,18,27,30H,7,12-13H2,1-6H3/t18-,27+/m1/s1. The Labute approximate surface area is 217 Å². The van der Waals surface area contributed by atoms with Crippen LogP contribution in [-0.2, 0) is 14.3 Å². The van der Waals surface area contributed by atoms with Crippen LogP contribution in [0.3, 0.4) is 0 Å². The van der Waals surface area contributed by atoms with Crippen LogP contribution in [0.5, 0.6) is 23.0 Å². The molecule has 1 N–H and O–H groups in total. The highest BCUT2D eigenvalue weighted by atomic mass is 16.5. The van der Waals surface area contributed by atoms with E-state index in [4.69, 9.17) is 23.7 Å². The fourth-order valence-electron chi connectivity index (χ4n) is 5.24. The van der Waals surface area contributed by atoms with E-state index in [1.165, 1.54) is 0 Å². The minimum atomic E-state index is -0.654. The van der Waals surface area contributed by atoms with Gasteiger partial charge in [-0.05, 0) is 62.1 Å². The topological polar surface area (TPSA) is 92.3 Å². The summed E-state index contributed by atoms with van der Waals surface area (Å²) in [6, 6.07) is 11.1. The third-order valence-electron chi connectivity index (χ3n) is 6.95. The minimum absolute atomic E-state index is 0.0438. The second-order valence-corrected chi connectivity index (χ2v) is 8.96. The number of hydrogen-bond donors (Lipinski definition) is 1. The molecule has 0 spiro atoms. The Bertz CT molecular complexity index is 1280. The van der Waals surface area contributed by atoms with Gasteiger partial charge in [-0.2, -0.15) is 0 Å². The SMILES string of the molecule is CCOC(=O)C1=C(C)NC2=C(C(=O)C[C@H](c3ccc(OC)c(OC)c3)C2)[C@H]1c1cc(OC)ccc1OC. The van der Waals surface area contributed by atoms with E-state index in [9.17, 15) is 9.59 Å². The number of allylic oxidation sites excluding steroid dienone is 3. The fraction of sp³-hybridized carbons (Fsp3) is 0.379. The first-order valence-electron chi connectivity index (χ1n) is 12.2. The van der Waals surface area contributed by atoms with E-state index in [2.05, 4.69) is 5.32 Å². The molecule has 2 aromatic rings. The molecule has 1 heterocycles. The van der Waals surface area contributed by atoms with Gasteiger partial charge in [-0.15, -0.1) is 0 Å². The Morgan fingerprint density at radius 2 is 1.62 bits per heavy atom. The lowest BCUT2D eigenvalue weighted by molar-refractivity contribution is -0.138. The third kappa shape index (κ3) is 4.88. The van der Waals surface area contributed by atoms with Crippen molar-refractivity contribution in [2.45, 2.75) is 38.5 Å². The zero-order valence-electron chi connectivity index (χ0n) is 22.1. The zero-order valence-corrected chi connectivity index (χ0v) is 22.1. The maximum atomic E-state index is 13.9. The number of carbonyl (C=O) groups is 2. The molecule has 2 atom stereocenters. The van der Waals surface area contributed by atoms with Gasteiger partial charge < -0.3 is 29.0 Å². The van der Waals surface area contributed by atoms with Crippen molar-refractivity contribution in [3.63, 3.8) is 0 Å². The van der Waals surface area contributed by atoms with Crippen molar-refractivity contribution in [1.29, 1.82) is 0 Å². The van der Waals surface area contributed by atoms with E-state index >= 15 is 0 Å². The molecule has 0 fully saturated rings. The molecule has 2 aromatic carbocycles. The van der Waals surface area contributed by atoms with E-state index in [0.717, 1.165) is 11.3 Å². The summed E-state index contributed by atoms with van der Waals surface area (Å²) in [6.07, 6.45) is 0.876. The zero-order chi connectivity index (χ0) is 26.7. The van der Waals surface area contributed by atoms with Gasteiger partial charge in [0.05, 0.1) is 46.5 Å². The molecule has 0 saturated carbocycles. The molecule has 0 amide bonds. The van der Waals surface area contributed by atoms with Crippen LogP contribution in [0.4, 0.5) is 0 Å². The summed E-state index contributed by atoms with van der Waals surface area (Å²) in [5.74, 6) is 1.17. The first kappa shape index (κ1) is 26.1. The molecule has 196 valence electrons. The molecule has 8 nitrogen and oxygen atoms in total. The van der Waals surface area contributed by atoms with E-state index in [-0.39, 0.29) is 24.7 Å². The summed E-state index contributed by atoms with van der Waals surface area (Å²) in [5, 5.41) is 3.36. The van der Waals surface area contributed by atoms with E-state index in [0.29, 0.717) is 51.8 Å². The number of Topliss-reactive ketones (excluding diaryl/α,β-unsaturated/α-hetero) is 1. The van der Waals surface area contributed by atoms with Gasteiger partial charge in [-0.1, -0.05) is 6.07 Å². The Kier molecular flexibility index (Phi) is 7.76. The van der Waals surface area contributed by atoms with Crippen LogP contribution in [0.25, 0.3) is 0 Å². The lowest BCUT2D eigenvalue weighted by Gasteiger charge is -2.37. The maximum absolute atomic E-state index is 13.9. The first-order valence-corrected chi connectivity index (χ1v) is 12.2. The van der Waals surface area contributed by atoms with Crippen LogP contribution in [0.15, 0.2) is 58.9 Å². The first-order chi connectivity index (χ1) is 17.9. The van der Waals surface area contributed by atoms with Gasteiger partial charge in [0.1, 0.15) is 11.5 Å². The average Bonchev–Trinajstić information content (AvgIpc) is 2.91. The van der Waals surface area contributed by atoms with Crippen LogP contribution in [0.2, 0.25) is 0 Å². The van der Waals surface area contributed by atoms with Crippen LogP contribution in [0, 0.1) is 0 Å². The van der Waals surface area contributed by atoms with Crippen molar-refractivity contribution in [2.75, 3.05) is 35.0 Å². The predicted molar refractivity (Wildman–Crippen MR) is 138 cm³/mol. The Hall–Kier alpha value is -3.94. The number of hydrogen-bond acceptors (Lipinski definition) is 8. The molecule has 0 aromatic heterocycles. The van der Waals surface area contributed by atoms with Crippen LogP contribution in [0.1, 0.15) is 49.7 Å². The Balaban J connectivity index is 1.84. The second kappa shape index (κ2) is 11.0. The highest BCUT2D eigenvalue weighted by Crippen LogP contribution is 2.48. The molecule has 0 saturated heterocycles. The number of rotatable bonds is 8. The van der Waals surface area contributed by atoms with E-state index in [1.807, 2.05) is 31.2 Å². The summed E-state index contributed by atoms with van der Waals surface area (Å²) in [6.45, 7) is 3.81. The molecule has 0 unspecified atom stereocenters. The van der Waals surface area contributed by atoms with Gasteiger partial charge in [0.25, 0.3) is 0 Å². The van der Waals surface area contributed by atoms with Crippen molar-refractivity contribution in [1.82, 2.24) is 5.32 Å². The molecule has 4 rings (SSSR count). The van der Waals surface area contributed by atoms with Crippen molar-refractivity contribution in [2.24, 2.45) is 0 Å². The summed E-state index contributed by atoms with van der Waals surface area (Å²) in [7, 11) is 6.33. The van der Waals surface area contributed by atoms with Crippen molar-refractivity contribution in [3.8, 4) is 23.0 Å². The smallest absolute Gasteiger partial charge is 0.336 e. The second-order valence-electron chi connectivity index (χ2n) is 8.96. The molecular formula is C29H33NO7.